The van der Waals surface area contributed by atoms with E-state index < -0.39 is 0 Å². The molecular formula is C30H52N6O2. The maximum absolute atomic E-state index is 11.8. The molecule has 1 aromatic rings. The van der Waals surface area contributed by atoms with Crippen LogP contribution in [0.25, 0.3) is 0 Å². The first-order valence-corrected chi connectivity index (χ1v) is 15.4. The zero-order chi connectivity index (χ0) is 26.9. The van der Waals surface area contributed by atoms with Gasteiger partial charge < -0.3 is 19.9 Å². The largest absolute Gasteiger partial charge is 0.369 e. The molecule has 3 fully saturated rings. The molecular weight excluding hydrogens is 476 g/mol. The number of carbonyl (C=O) groups excluding carboxylic acids is 1. The van der Waals surface area contributed by atoms with Gasteiger partial charge in [0.15, 0.2) is 0 Å². The number of piperazine rings is 1. The number of carbonyl (C=O) groups is 1. The predicted octanol–water partition coefficient (Wildman–Crippen LogP) is 4.21. The van der Waals surface area contributed by atoms with Gasteiger partial charge in [0.1, 0.15) is 6.61 Å². The Kier molecular flexibility index (Phi) is 11.2. The van der Waals surface area contributed by atoms with E-state index >= 15 is 0 Å². The van der Waals surface area contributed by atoms with Crippen LogP contribution >= 0.6 is 0 Å². The monoisotopic (exact) mass is 528 g/mol. The molecule has 2 bridgehead atoms. The molecule has 1 amide bonds. The molecule has 8 nitrogen and oxygen atoms in total. The first kappa shape index (κ1) is 29.2. The van der Waals surface area contributed by atoms with Crippen LogP contribution in [0.2, 0.25) is 0 Å². The van der Waals surface area contributed by atoms with Gasteiger partial charge in [-0.2, -0.15) is 0 Å². The van der Waals surface area contributed by atoms with Gasteiger partial charge in [-0.15, -0.1) is 0 Å². The normalized spacial score (nSPS) is 23.8. The van der Waals surface area contributed by atoms with Crippen LogP contribution in [0, 0.1) is 0 Å². The van der Waals surface area contributed by atoms with Crippen LogP contribution in [-0.4, -0.2) is 95.8 Å². The fourth-order valence-corrected chi connectivity index (χ4v) is 6.28. The topological polar surface area (TPSA) is 73.8 Å². The molecule has 0 aromatic carbocycles. The molecule has 38 heavy (non-hydrogen) atoms. The Morgan fingerprint density at radius 3 is 2.29 bits per heavy atom. The van der Waals surface area contributed by atoms with Gasteiger partial charge in [0.2, 0.25) is 11.9 Å². The standard InChI is InChI=1S/C30H52N6O2/c1-5-24(4)38-22-29(37)31-14-8-6-7-9-15-34-16-12-25(13-17-34)26-18-32-30(33-19-26)36-27-10-11-28(36)21-35(20-27)23(2)3/h18-19,23-25,27-28H,5-17,20-22H2,1-4H3,(H,31,37). The average Bonchev–Trinajstić information content (AvgIpc) is 3.19. The second kappa shape index (κ2) is 14.6. The predicted molar refractivity (Wildman–Crippen MR) is 154 cm³/mol. The van der Waals surface area contributed by atoms with E-state index in [4.69, 9.17) is 14.7 Å². The summed E-state index contributed by atoms with van der Waals surface area (Å²) in [5.74, 6) is 1.54. The highest BCUT2D eigenvalue weighted by molar-refractivity contribution is 5.77. The van der Waals surface area contributed by atoms with Gasteiger partial charge in [0.25, 0.3) is 0 Å². The van der Waals surface area contributed by atoms with E-state index in [1.165, 1.54) is 70.1 Å². The maximum atomic E-state index is 11.8. The van der Waals surface area contributed by atoms with Gasteiger partial charge in [-0.1, -0.05) is 19.8 Å². The van der Waals surface area contributed by atoms with Crippen molar-refractivity contribution in [1.82, 2.24) is 25.1 Å². The number of amides is 1. The van der Waals surface area contributed by atoms with Crippen molar-refractivity contribution in [2.24, 2.45) is 0 Å². The van der Waals surface area contributed by atoms with Crippen molar-refractivity contribution in [3.63, 3.8) is 0 Å². The van der Waals surface area contributed by atoms with E-state index in [1.807, 2.05) is 6.92 Å². The van der Waals surface area contributed by atoms with Crippen molar-refractivity contribution in [3.8, 4) is 0 Å². The molecule has 3 aliphatic heterocycles. The Hall–Kier alpha value is -1.77. The van der Waals surface area contributed by atoms with Gasteiger partial charge in [-0.05, 0) is 96.8 Å². The third kappa shape index (κ3) is 8.12. The van der Waals surface area contributed by atoms with Crippen LogP contribution in [0.15, 0.2) is 12.4 Å². The van der Waals surface area contributed by atoms with E-state index in [0.29, 0.717) is 24.0 Å². The van der Waals surface area contributed by atoms with Crippen molar-refractivity contribution in [3.05, 3.63) is 18.0 Å². The van der Waals surface area contributed by atoms with Crippen molar-refractivity contribution in [2.75, 3.05) is 50.8 Å². The quantitative estimate of drug-likeness (QED) is 0.363. The van der Waals surface area contributed by atoms with E-state index in [2.05, 4.69) is 53.2 Å². The van der Waals surface area contributed by atoms with Gasteiger partial charge in [0, 0.05) is 50.2 Å². The third-order valence-corrected chi connectivity index (χ3v) is 8.99. The summed E-state index contributed by atoms with van der Waals surface area (Å²) in [6.45, 7) is 15.4. The number of fused-ring (bicyclic) bond motifs is 2. The highest BCUT2D eigenvalue weighted by atomic mass is 16.5. The lowest BCUT2D eigenvalue weighted by atomic mass is 9.91. The number of unbranched alkanes of at least 4 members (excludes halogenated alkanes) is 3. The lowest BCUT2D eigenvalue weighted by molar-refractivity contribution is -0.127. The molecule has 1 N–H and O–H groups in total. The minimum absolute atomic E-state index is 0.00444. The van der Waals surface area contributed by atoms with Crippen molar-refractivity contribution < 1.29 is 9.53 Å². The Morgan fingerprint density at radius 1 is 1.00 bits per heavy atom. The molecule has 3 unspecified atom stereocenters. The molecule has 214 valence electrons. The molecule has 3 atom stereocenters. The van der Waals surface area contributed by atoms with Crippen LogP contribution in [0.5, 0.6) is 0 Å². The number of ether oxygens (including phenoxy) is 1. The minimum atomic E-state index is 0.00444. The summed E-state index contributed by atoms with van der Waals surface area (Å²) >= 11 is 0. The van der Waals surface area contributed by atoms with Crippen LogP contribution in [0.1, 0.15) is 97.0 Å². The lowest BCUT2D eigenvalue weighted by Gasteiger charge is -2.42. The van der Waals surface area contributed by atoms with Crippen LogP contribution in [0.3, 0.4) is 0 Å². The number of aromatic nitrogens is 2. The molecule has 8 heteroatoms. The highest BCUT2D eigenvalue weighted by Gasteiger charge is 2.41. The first-order chi connectivity index (χ1) is 18.4. The van der Waals surface area contributed by atoms with E-state index in [1.54, 1.807) is 0 Å². The SMILES string of the molecule is CCC(C)OCC(=O)NCCCCCCN1CCC(c2cnc(N3C4CCC3CN(C(C)C)C4)nc2)CC1. The van der Waals surface area contributed by atoms with E-state index in [-0.39, 0.29) is 18.6 Å². The molecule has 0 spiro atoms. The fraction of sp³-hybridized carbons (Fsp3) is 0.833. The number of hydrogen-bond acceptors (Lipinski definition) is 7. The fourth-order valence-electron chi connectivity index (χ4n) is 6.28. The zero-order valence-electron chi connectivity index (χ0n) is 24.4. The van der Waals surface area contributed by atoms with Gasteiger partial charge in [-0.3, -0.25) is 9.69 Å². The van der Waals surface area contributed by atoms with Crippen LogP contribution in [0.4, 0.5) is 5.95 Å². The number of rotatable bonds is 14. The Labute approximate surface area is 230 Å². The number of likely N-dealkylation sites (tertiary alicyclic amines) is 2. The van der Waals surface area contributed by atoms with Crippen molar-refractivity contribution in [2.45, 2.75) is 116 Å². The molecule has 1 aromatic heterocycles. The Morgan fingerprint density at radius 2 is 1.66 bits per heavy atom. The number of nitrogens with one attached hydrogen (secondary N) is 1. The summed E-state index contributed by atoms with van der Waals surface area (Å²) in [6.07, 6.45) is 14.9. The molecule has 0 saturated carbocycles. The summed E-state index contributed by atoms with van der Waals surface area (Å²) in [5, 5.41) is 2.97. The summed E-state index contributed by atoms with van der Waals surface area (Å²) in [5.41, 5.74) is 1.32. The molecule has 3 saturated heterocycles. The van der Waals surface area contributed by atoms with Crippen molar-refractivity contribution in [1.29, 1.82) is 0 Å². The zero-order valence-corrected chi connectivity index (χ0v) is 24.4. The summed E-state index contributed by atoms with van der Waals surface area (Å²) < 4.78 is 5.47. The second-order valence-electron chi connectivity index (χ2n) is 12.1. The minimum Gasteiger partial charge on any atom is -0.369 e. The molecule has 3 aliphatic rings. The number of nitrogens with zero attached hydrogens (tertiary/aromatic N) is 5. The second-order valence-corrected chi connectivity index (χ2v) is 12.1. The number of piperidine rings is 1. The number of anilines is 1. The summed E-state index contributed by atoms with van der Waals surface area (Å²) in [6, 6.07) is 1.75. The third-order valence-electron chi connectivity index (χ3n) is 8.99. The Balaban J connectivity index is 1.08. The van der Waals surface area contributed by atoms with E-state index in [0.717, 1.165) is 38.4 Å². The smallest absolute Gasteiger partial charge is 0.246 e. The van der Waals surface area contributed by atoms with Crippen molar-refractivity contribution >= 4 is 11.9 Å². The lowest BCUT2D eigenvalue weighted by Crippen LogP contribution is -2.56. The molecule has 0 radical (unpaired) electrons. The molecule has 0 aliphatic carbocycles. The summed E-state index contributed by atoms with van der Waals surface area (Å²) in [7, 11) is 0. The average molecular weight is 529 g/mol. The molecule has 4 rings (SSSR count). The van der Waals surface area contributed by atoms with Crippen LogP contribution < -0.4 is 10.2 Å². The molecule has 4 heterocycles. The first-order valence-electron chi connectivity index (χ1n) is 15.4. The van der Waals surface area contributed by atoms with Gasteiger partial charge in [-0.25, -0.2) is 9.97 Å². The summed E-state index contributed by atoms with van der Waals surface area (Å²) in [4.78, 5) is 29.3. The van der Waals surface area contributed by atoms with E-state index in [9.17, 15) is 4.79 Å². The maximum Gasteiger partial charge on any atom is 0.246 e. The van der Waals surface area contributed by atoms with Gasteiger partial charge in [0.05, 0.1) is 6.10 Å². The number of hydrogen-bond donors (Lipinski definition) is 1. The van der Waals surface area contributed by atoms with Crippen LogP contribution in [-0.2, 0) is 9.53 Å². The Bertz CT molecular complexity index is 828. The van der Waals surface area contributed by atoms with Gasteiger partial charge >= 0.3 is 0 Å². The highest BCUT2D eigenvalue weighted by Crippen LogP contribution is 2.34.